The molecular weight excluding hydrogens is 443 g/mol. The van der Waals surface area contributed by atoms with Crippen LogP contribution in [0.5, 0.6) is 0 Å². The molecule has 0 amide bonds. The number of benzene rings is 3. The molecular formula is C27H23FN6O. The average molecular weight is 467 g/mol. The van der Waals surface area contributed by atoms with Crippen molar-refractivity contribution in [3.8, 4) is 16.9 Å². The van der Waals surface area contributed by atoms with Crippen molar-refractivity contribution in [1.82, 2.24) is 24.5 Å². The third-order valence-corrected chi connectivity index (χ3v) is 6.24. The second-order valence-electron chi connectivity index (χ2n) is 8.50. The minimum Gasteiger partial charge on any atom is -0.370 e. The number of aryl methyl sites for hydroxylation is 1. The van der Waals surface area contributed by atoms with Crippen molar-refractivity contribution < 1.29 is 4.39 Å². The molecule has 4 N–H and O–H groups in total. The first-order chi connectivity index (χ1) is 17.2. The number of aromatic nitrogens is 5. The summed E-state index contributed by atoms with van der Waals surface area (Å²) in [7, 11) is 0. The summed E-state index contributed by atoms with van der Waals surface area (Å²) in [5.41, 5.74) is 5.51. The van der Waals surface area contributed by atoms with Gasteiger partial charge in [0.25, 0.3) is 0 Å². The maximum atomic E-state index is 13.8. The summed E-state index contributed by atoms with van der Waals surface area (Å²) in [6.07, 6.45) is 5.27. The van der Waals surface area contributed by atoms with Crippen molar-refractivity contribution in [3.05, 3.63) is 101 Å². The van der Waals surface area contributed by atoms with E-state index < -0.39 is 0 Å². The Hall–Kier alpha value is -4.59. The molecule has 3 aromatic carbocycles. The van der Waals surface area contributed by atoms with E-state index in [1.54, 1.807) is 17.0 Å². The molecule has 0 radical (unpaired) electrons. The fraction of sp³-hybridized carbons (Fsp3) is 0.111. The molecule has 0 spiro atoms. The Morgan fingerprint density at radius 3 is 2.74 bits per heavy atom. The Bertz CT molecular complexity index is 1690. The third-order valence-electron chi connectivity index (χ3n) is 6.24. The Labute approximate surface area is 199 Å². The van der Waals surface area contributed by atoms with Crippen LogP contribution in [0.15, 0.2) is 84.0 Å². The highest BCUT2D eigenvalue weighted by molar-refractivity contribution is 5.97. The van der Waals surface area contributed by atoms with E-state index in [0.29, 0.717) is 29.3 Å². The lowest BCUT2D eigenvalue weighted by molar-refractivity contribution is 0.629. The summed E-state index contributed by atoms with van der Waals surface area (Å²) in [5, 5.41) is 4.25. The molecule has 0 bridgehead atoms. The Morgan fingerprint density at radius 2 is 1.86 bits per heavy atom. The zero-order chi connectivity index (χ0) is 23.8. The molecule has 0 saturated carbocycles. The lowest BCUT2D eigenvalue weighted by Gasteiger charge is -2.11. The van der Waals surface area contributed by atoms with Crippen LogP contribution >= 0.6 is 0 Å². The highest BCUT2D eigenvalue weighted by atomic mass is 19.1. The number of hydrogen-bond donors (Lipinski definition) is 4. The number of nitrogens with zero attached hydrogens (tertiary/aromatic N) is 2. The summed E-state index contributed by atoms with van der Waals surface area (Å²) >= 11 is 0. The second-order valence-corrected chi connectivity index (χ2v) is 8.50. The Morgan fingerprint density at radius 1 is 0.971 bits per heavy atom. The number of H-pyrrole nitrogens is 3. The fourth-order valence-electron chi connectivity index (χ4n) is 4.57. The molecule has 0 atom stereocenters. The van der Waals surface area contributed by atoms with Crippen LogP contribution in [0.2, 0.25) is 0 Å². The van der Waals surface area contributed by atoms with Gasteiger partial charge in [-0.1, -0.05) is 30.3 Å². The average Bonchev–Trinajstić information content (AvgIpc) is 3.58. The number of anilines is 1. The predicted molar refractivity (Wildman–Crippen MR) is 137 cm³/mol. The van der Waals surface area contributed by atoms with Gasteiger partial charge in [-0.15, -0.1) is 0 Å². The zero-order valence-corrected chi connectivity index (χ0v) is 18.8. The van der Waals surface area contributed by atoms with E-state index in [1.807, 2.05) is 42.6 Å². The van der Waals surface area contributed by atoms with Gasteiger partial charge in [-0.3, -0.25) is 9.55 Å². The molecule has 6 aromatic rings. The van der Waals surface area contributed by atoms with Gasteiger partial charge in [0.05, 0.1) is 23.0 Å². The molecule has 7 nitrogen and oxygen atoms in total. The van der Waals surface area contributed by atoms with Crippen LogP contribution in [0, 0.1) is 5.82 Å². The van der Waals surface area contributed by atoms with Crippen molar-refractivity contribution in [2.24, 2.45) is 0 Å². The van der Waals surface area contributed by atoms with Crippen LogP contribution in [-0.2, 0) is 6.42 Å². The normalized spacial score (nSPS) is 11.5. The second kappa shape index (κ2) is 8.64. The van der Waals surface area contributed by atoms with Gasteiger partial charge in [0.15, 0.2) is 0 Å². The first-order valence-electron chi connectivity index (χ1n) is 11.5. The number of rotatable bonds is 7. The van der Waals surface area contributed by atoms with E-state index in [1.165, 1.54) is 17.7 Å². The predicted octanol–water partition coefficient (Wildman–Crippen LogP) is 5.37. The van der Waals surface area contributed by atoms with Crippen molar-refractivity contribution in [2.75, 3.05) is 11.9 Å². The smallest absolute Gasteiger partial charge is 0.332 e. The largest absolute Gasteiger partial charge is 0.370 e. The summed E-state index contributed by atoms with van der Waals surface area (Å²) in [6.45, 7) is 0.679. The highest BCUT2D eigenvalue weighted by Crippen LogP contribution is 2.34. The minimum atomic E-state index is -0.318. The van der Waals surface area contributed by atoms with E-state index in [0.717, 1.165) is 34.8 Å². The number of fused-ring (bicyclic) bond motifs is 2. The van der Waals surface area contributed by atoms with Gasteiger partial charge >= 0.3 is 5.69 Å². The van der Waals surface area contributed by atoms with Gasteiger partial charge < -0.3 is 15.3 Å². The standard InChI is InChI=1S/C27H23FN6O/c28-18-8-10-20-21(15-30-23(20)13-18)25-26(29-12-4-7-17-5-2-1-3-6-17)33-27(35)34(25)19-9-11-22-24(14-19)32-16-31-22/h1-3,5-6,8-11,13-16,29-30H,4,7,12H2,(H,31,32)(H,33,35). The van der Waals surface area contributed by atoms with E-state index in [9.17, 15) is 9.18 Å². The van der Waals surface area contributed by atoms with Gasteiger partial charge in [0, 0.05) is 29.2 Å². The SMILES string of the molecule is O=c1[nH]c(NCCCc2ccccc2)c(-c2c[nH]c3cc(F)ccc23)n1-c1ccc2nc[nH]c2c1. The molecule has 0 fully saturated rings. The van der Waals surface area contributed by atoms with Gasteiger partial charge in [0.1, 0.15) is 17.3 Å². The molecule has 35 heavy (non-hydrogen) atoms. The zero-order valence-electron chi connectivity index (χ0n) is 18.8. The topological polar surface area (TPSA) is 94.3 Å². The van der Waals surface area contributed by atoms with Crippen molar-refractivity contribution in [1.29, 1.82) is 0 Å². The Balaban J connectivity index is 1.42. The first-order valence-corrected chi connectivity index (χ1v) is 11.5. The van der Waals surface area contributed by atoms with Gasteiger partial charge in [-0.2, -0.15) is 0 Å². The fourth-order valence-corrected chi connectivity index (χ4v) is 4.57. The molecule has 3 heterocycles. The van der Waals surface area contributed by atoms with Crippen LogP contribution in [-0.4, -0.2) is 31.0 Å². The monoisotopic (exact) mass is 466 g/mol. The Kier molecular flexibility index (Phi) is 5.18. The lowest BCUT2D eigenvalue weighted by Crippen LogP contribution is -2.15. The number of halogens is 1. The summed E-state index contributed by atoms with van der Waals surface area (Å²) < 4.78 is 15.5. The van der Waals surface area contributed by atoms with Gasteiger partial charge in [0.2, 0.25) is 0 Å². The van der Waals surface area contributed by atoms with Gasteiger partial charge in [-0.05, 0) is 54.8 Å². The van der Waals surface area contributed by atoms with Crippen LogP contribution in [0.3, 0.4) is 0 Å². The molecule has 174 valence electrons. The number of hydrogen-bond acceptors (Lipinski definition) is 3. The molecule has 0 saturated heterocycles. The highest BCUT2D eigenvalue weighted by Gasteiger charge is 2.21. The molecule has 0 unspecified atom stereocenters. The molecule has 0 aliphatic rings. The van der Waals surface area contributed by atoms with Crippen molar-refractivity contribution in [2.45, 2.75) is 12.8 Å². The molecule has 3 aromatic heterocycles. The van der Waals surface area contributed by atoms with E-state index in [2.05, 4.69) is 37.4 Å². The first kappa shape index (κ1) is 21.0. The molecule has 0 aliphatic heterocycles. The van der Waals surface area contributed by atoms with Crippen LogP contribution in [0.4, 0.5) is 10.2 Å². The van der Waals surface area contributed by atoms with Crippen LogP contribution in [0.1, 0.15) is 12.0 Å². The van der Waals surface area contributed by atoms with Crippen molar-refractivity contribution >= 4 is 27.8 Å². The summed E-state index contributed by atoms with van der Waals surface area (Å²) in [4.78, 5) is 26.8. The van der Waals surface area contributed by atoms with Crippen LogP contribution < -0.4 is 11.0 Å². The van der Waals surface area contributed by atoms with E-state index in [4.69, 9.17) is 0 Å². The number of aromatic amines is 3. The molecule has 8 heteroatoms. The molecule has 6 rings (SSSR count). The summed E-state index contributed by atoms with van der Waals surface area (Å²) in [5.74, 6) is 0.305. The third kappa shape index (κ3) is 3.89. The maximum Gasteiger partial charge on any atom is 0.332 e. The minimum absolute atomic E-state index is 0.263. The van der Waals surface area contributed by atoms with E-state index >= 15 is 0 Å². The number of imidazole rings is 2. The quantitative estimate of drug-likeness (QED) is 0.238. The van der Waals surface area contributed by atoms with E-state index in [-0.39, 0.29) is 11.5 Å². The molecule has 0 aliphatic carbocycles. The van der Waals surface area contributed by atoms with Crippen molar-refractivity contribution in [3.63, 3.8) is 0 Å². The lowest BCUT2D eigenvalue weighted by atomic mass is 10.1. The number of nitrogens with one attached hydrogen (secondary N) is 4. The maximum absolute atomic E-state index is 13.8. The van der Waals surface area contributed by atoms with Crippen LogP contribution in [0.25, 0.3) is 38.9 Å². The summed E-state index contributed by atoms with van der Waals surface area (Å²) in [6, 6.07) is 20.6. The van der Waals surface area contributed by atoms with Gasteiger partial charge in [-0.25, -0.2) is 14.2 Å².